The second-order valence-electron chi connectivity index (χ2n) is 4.67. The van der Waals surface area contributed by atoms with Crippen LogP contribution in [0.5, 0.6) is 5.75 Å². The summed E-state index contributed by atoms with van der Waals surface area (Å²) in [6, 6.07) is 7.32. The van der Waals surface area contributed by atoms with Crippen LogP contribution in [0.25, 0.3) is 0 Å². The van der Waals surface area contributed by atoms with Gasteiger partial charge in [0, 0.05) is 12.0 Å². The lowest BCUT2D eigenvalue weighted by molar-refractivity contribution is 0.103. The number of carbonyl (C=O) groups is 1. The number of ketones is 1. The third-order valence-electron chi connectivity index (χ3n) is 3.26. The molecule has 0 N–H and O–H groups in total. The normalized spacial score (nSPS) is 17.3. The standard InChI is InChI=1S/C15H14O3/c1-9-7-12-8-11(3-4-14(12)18-9)15(16)13-5-6-17-10(13)2/h3-6,8-9H,7H2,1-2H3. The molecular formula is C15H14O3. The van der Waals surface area contributed by atoms with E-state index in [-0.39, 0.29) is 11.9 Å². The van der Waals surface area contributed by atoms with Crippen LogP contribution in [-0.2, 0) is 6.42 Å². The summed E-state index contributed by atoms with van der Waals surface area (Å²) in [4.78, 5) is 12.3. The summed E-state index contributed by atoms with van der Waals surface area (Å²) in [5.41, 5.74) is 2.42. The SMILES string of the molecule is Cc1occc1C(=O)c1ccc2c(c1)CC(C)O2. The van der Waals surface area contributed by atoms with Crippen LogP contribution < -0.4 is 4.74 Å². The third kappa shape index (κ3) is 1.72. The van der Waals surface area contributed by atoms with E-state index in [1.54, 1.807) is 19.3 Å². The maximum atomic E-state index is 12.3. The van der Waals surface area contributed by atoms with Gasteiger partial charge in [0.25, 0.3) is 0 Å². The molecule has 1 unspecified atom stereocenters. The van der Waals surface area contributed by atoms with Crippen molar-refractivity contribution in [3.8, 4) is 5.75 Å². The van der Waals surface area contributed by atoms with Crippen molar-refractivity contribution in [2.45, 2.75) is 26.4 Å². The average molecular weight is 242 g/mol. The van der Waals surface area contributed by atoms with Gasteiger partial charge < -0.3 is 9.15 Å². The van der Waals surface area contributed by atoms with Crippen molar-refractivity contribution < 1.29 is 13.9 Å². The number of hydrogen-bond acceptors (Lipinski definition) is 3. The summed E-state index contributed by atoms with van der Waals surface area (Å²) in [7, 11) is 0. The first-order chi connectivity index (χ1) is 8.65. The number of aryl methyl sites for hydroxylation is 1. The minimum Gasteiger partial charge on any atom is -0.490 e. The summed E-state index contributed by atoms with van der Waals surface area (Å²) in [6.07, 6.45) is 2.60. The largest absolute Gasteiger partial charge is 0.490 e. The maximum absolute atomic E-state index is 12.3. The zero-order chi connectivity index (χ0) is 12.7. The Morgan fingerprint density at radius 1 is 1.33 bits per heavy atom. The Kier molecular flexibility index (Phi) is 2.47. The van der Waals surface area contributed by atoms with E-state index >= 15 is 0 Å². The van der Waals surface area contributed by atoms with Crippen LogP contribution in [0.15, 0.2) is 34.9 Å². The predicted molar refractivity (Wildman–Crippen MR) is 67.1 cm³/mol. The number of fused-ring (bicyclic) bond motifs is 1. The van der Waals surface area contributed by atoms with E-state index in [9.17, 15) is 4.79 Å². The molecule has 1 aliphatic rings. The Bertz CT molecular complexity index is 610. The highest BCUT2D eigenvalue weighted by Crippen LogP contribution is 2.30. The van der Waals surface area contributed by atoms with E-state index in [1.807, 2.05) is 25.1 Å². The monoisotopic (exact) mass is 242 g/mol. The molecule has 1 atom stereocenters. The Labute approximate surface area is 105 Å². The predicted octanol–water partition coefficient (Wildman–Crippen LogP) is 3.14. The topological polar surface area (TPSA) is 39.4 Å². The lowest BCUT2D eigenvalue weighted by Gasteiger charge is -2.03. The first-order valence-electron chi connectivity index (χ1n) is 6.03. The summed E-state index contributed by atoms with van der Waals surface area (Å²) in [6.45, 7) is 3.83. The summed E-state index contributed by atoms with van der Waals surface area (Å²) < 4.78 is 10.8. The van der Waals surface area contributed by atoms with E-state index in [1.165, 1.54) is 0 Å². The molecule has 0 aliphatic carbocycles. The highest BCUT2D eigenvalue weighted by molar-refractivity contribution is 6.09. The first-order valence-corrected chi connectivity index (χ1v) is 6.03. The van der Waals surface area contributed by atoms with E-state index in [0.29, 0.717) is 16.9 Å². The van der Waals surface area contributed by atoms with E-state index in [0.717, 1.165) is 17.7 Å². The van der Waals surface area contributed by atoms with Crippen molar-refractivity contribution in [2.24, 2.45) is 0 Å². The number of hydrogen-bond donors (Lipinski definition) is 0. The van der Waals surface area contributed by atoms with Crippen molar-refractivity contribution in [3.63, 3.8) is 0 Å². The lowest BCUT2D eigenvalue weighted by Crippen LogP contribution is -2.05. The second kappa shape index (κ2) is 4.02. The molecule has 0 amide bonds. The number of carbonyl (C=O) groups excluding carboxylic acids is 1. The van der Waals surface area contributed by atoms with Gasteiger partial charge in [-0.15, -0.1) is 0 Å². The molecular weight excluding hydrogens is 228 g/mol. The molecule has 3 heteroatoms. The molecule has 0 fully saturated rings. The fraction of sp³-hybridized carbons (Fsp3) is 0.267. The van der Waals surface area contributed by atoms with Crippen LogP contribution in [0.4, 0.5) is 0 Å². The zero-order valence-electron chi connectivity index (χ0n) is 10.4. The van der Waals surface area contributed by atoms with Crippen LogP contribution in [0.3, 0.4) is 0 Å². The number of rotatable bonds is 2. The summed E-state index contributed by atoms with van der Waals surface area (Å²) in [5.74, 6) is 1.55. The third-order valence-corrected chi connectivity index (χ3v) is 3.26. The van der Waals surface area contributed by atoms with Crippen LogP contribution in [0, 0.1) is 6.92 Å². The summed E-state index contributed by atoms with van der Waals surface area (Å²) >= 11 is 0. The van der Waals surface area contributed by atoms with Crippen LogP contribution in [0.1, 0.15) is 34.2 Å². The molecule has 1 aromatic heterocycles. The molecule has 92 valence electrons. The molecule has 2 aromatic rings. The Morgan fingerprint density at radius 2 is 2.17 bits per heavy atom. The molecule has 0 bridgehead atoms. The average Bonchev–Trinajstić information content (AvgIpc) is 2.91. The lowest BCUT2D eigenvalue weighted by atomic mass is 10.0. The van der Waals surface area contributed by atoms with Crippen LogP contribution in [0.2, 0.25) is 0 Å². The van der Waals surface area contributed by atoms with Gasteiger partial charge in [0.05, 0.1) is 11.8 Å². The van der Waals surface area contributed by atoms with Gasteiger partial charge in [0.2, 0.25) is 0 Å². The second-order valence-corrected chi connectivity index (χ2v) is 4.67. The quantitative estimate of drug-likeness (QED) is 0.759. The Balaban J connectivity index is 1.97. The highest BCUT2D eigenvalue weighted by atomic mass is 16.5. The molecule has 0 saturated carbocycles. The smallest absolute Gasteiger partial charge is 0.196 e. The van der Waals surface area contributed by atoms with Crippen molar-refractivity contribution in [1.82, 2.24) is 0 Å². The zero-order valence-corrected chi connectivity index (χ0v) is 10.4. The van der Waals surface area contributed by atoms with E-state index < -0.39 is 0 Å². The van der Waals surface area contributed by atoms with Gasteiger partial charge in [0.15, 0.2) is 5.78 Å². The Morgan fingerprint density at radius 3 is 2.89 bits per heavy atom. The fourth-order valence-electron chi connectivity index (χ4n) is 2.34. The van der Waals surface area contributed by atoms with Crippen LogP contribution >= 0.6 is 0 Å². The number of furan rings is 1. The van der Waals surface area contributed by atoms with Gasteiger partial charge in [-0.25, -0.2) is 0 Å². The first kappa shape index (κ1) is 11.1. The number of ether oxygens (including phenoxy) is 1. The van der Waals surface area contributed by atoms with Gasteiger partial charge in [-0.3, -0.25) is 4.79 Å². The van der Waals surface area contributed by atoms with E-state index in [2.05, 4.69) is 0 Å². The molecule has 0 radical (unpaired) electrons. The molecule has 1 aromatic carbocycles. The van der Waals surface area contributed by atoms with Crippen molar-refractivity contribution >= 4 is 5.78 Å². The Hall–Kier alpha value is -2.03. The molecule has 0 spiro atoms. The minimum absolute atomic E-state index is 0.00334. The van der Waals surface area contributed by atoms with Gasteiger partial charge in [-0.1, -0.05) is 0 Å². The van der Waals surface area contributed by atoms with Crippen molar-refractivity contribution in [1.29, 1.82) is 0 Å². The molecule has 0 saturated heterocycles. The van der Waals surface area contributed by atoms with Crippen LogP contribution in [-0.4, -0.2) is 11.9 Å². The molecule has 1 aliphatic heterocycles. The number of benzene rings is 1. The van der Waals surface area contributed by atoms with Gasteiger partial charge >= 0.3 is 0 Å². The maximum Gasteiger partial charge on any atom is 0.196 e. The molecule has 18 heavy (non-hydrogen) atoms. The van der Waals surface area contributed by atoms with Gasteiger partial charge in [-0.05, 0) is 43.7 Å². The molecule has 2 heterocycles. The summed E-state index contributed by atoms with van der Waals surface area (Å²) in [5, 5.41) is 0. The molecule has 3 nitrogen and oxygen atoms in total. The van der Waals surface area contributed by atoms with Gasteiger partial charge in [-0.2, -0.15) is 0 Å². The fourth-order valence-corrected chi connectivity index (χ4v) is 2.34. The highest BCUT2D eigenvalue weighted by Gasteiger charge is 2.21. The van der Waals surface area contributed by atoms with Crippen molar-refractivity contribution in [3.05, 3.63) is 53.0 Å². The molecule has 3 rings (SSSR count). The van der Waals surface area contributed by atoms with E-state index in [4.69, 9.17) is 9.15 Å². The van der Waals surface area contributed by atoms with Gasteiger partial charge in [0.1, 0.15) is 17.6 Å². The van der Waals surface area contributed by atoms with Crippen molar-refractivity contribution in [2.75, 3.05) is 0 Å². The minimum atomic E-state index is 0.00334.